The Bertz CT molecular complexity index is 605. The average molecular weight is 270 g/mol. The maximum Gasteiger partial charge on any atom is 0.106 e. The largest absolute Gasteiger partial charge is 0.389 e. The third kappa shape index (κ3) is 3.55. The van der Waals surface area contributed by atoms with Crippen LogP contribution in [0.4, 0.5) is 5.69 Å². The van der Waals surface area contributed by atoms with Gasteiger partial charge in [0.25, 0.3) is 0 Å². The van der Waals surface area contributed by atoms with Gasteiger partial charge in [0.05, 0.1) is 0 Å². The molecule has 0 saturated carbocycles. The molecule has 19 heavy (non-hydrogen) atoms. The molecular weight excluding hydrogens is 252 g/mol. The van der Waals surface area contributed by atoms with Crippen LogP contribution in [0.5, 0.6) is 0 Å². The third-order valence-electron chi connectivity index (χ3n) is 3.01. The van der Waals surface area contributed by atoms with Crippen molar-refractivity contribution in [1.29, 1.82) is 0 Å². The molecule has 0 aliphatic heterocycles. The van der Waals surface area contributed by atoms with Crippen molar-refractivity contribution in [2.75, 3.05) is 5.32 Å². The Labute approximate surface area is 119 Å². The quantitative estimate of drug-likeness (QED) is 0.834. The molecule has 0 spiro atoms. The number of hydrogen-bond acceptors (Lipinski definition) is 2. The van der Waals surface area contributed by atoms with Gasteiger partial charge in [0.15, 0.2) is 0 Å². The zero-order chi connectivity index (χ0) is 13.8. The summed E-state index contributed by atoms with van der Waals surface area (Å²) >= 11 is 5.10. The van der Waals surface area contributed by atoms with Crippen LogP contribution in [0.1, 0.15) is 22.3 Å². The van der Waals surface area contributed by atoms with Crippen LogP contribution in [0.3, 0.4) is 0 Å². The summed E-state index contributed by atoms with van der Waals surface area (Å²) in [5.74, 6) is 0. The van der Waals surface area contributed by atoms with E-state index in [4.69, 9.17) is 18.0 Å². The minimum Gasteiger partial charge on any atom is -0.389 e. The van der Waals surface area contributed by atoms with Gasteiger partial charge in [-0.2, -0.15) is 0 Å². The van der Waals surface area contributed by atoms with Gasteiger partial charge in [0.1, 0.15) is 4.99 Å². The van der Waals surface area contributed by atoms with Gasteiger partial charge in [-0.25, -0.2) is 0 Å². The van der Waals surface area contributed by atoms with E-state index in [1.54, 1.807) is 0 Å². The summed E-state index contributed by atoms with van der Waals surface area (Å²) in [6.45, 7) is 4.89. The Balaban J connectivity index is 2.17. The van der Waals surface area contributed by atoms with E-state index in [-0.39, 0.29) is 0 Å². The fraction of sp³-hybridized carbons (Fsp3) is 0.188. The second kappa shape index (κ2) is 5.85. The zero-order valence-electron chi connectivity index (χ0n) is 11.2. The predicted octanol–water partition coefficient (Wildman–Crippen LogP) is 3.55. The molecule has 0 heterocycles. The summed E-state index contributed by atoms with van der Waals surface area (Å²) in [5, 5.41) is 3.40. The maximum atomic E-state index is 5.77. The molecule has 0 saturated heterocycles. The molecule has 0 aliphatic rings. The predicted molar refractivity (Wildman–Crippen MR) is 85.6 cm³/mol. The van der Waals surface area contributed by atoms with E-state index in [9.17, 15) is 0 Å². The van der Waals surface area contributed by atoms with Crippen LogP contribution >= 0.6 is 12.2 Å². The smallest absolute Gasteiger partial charge is 0.106 e. The summed E-state index contributed by atoms with van der Waals surface area (Å²) in [7, 11) is 0. The lowest BCUT2D eigenvalue weighted by Gasteiger charge is -2.12. The second-order valence-corrected chi connectivity index (χ2v) is 5.20. The molecule has 0 aliphatic carbocycles. The topological polar surface area (TPSA) is 38.0 Å². The Hall–Kier alpha value is -1.87. The summed E-state index contributed by atoms with van der Waals surface area (Å²) in [5.41, 5.74) is 11.3. The van der Waals surface area contributed by atoms with E-state index in [1.807, 2.05) is 19.1 Å². The molecule has 0 radical (unpaired) electrons. The molecule has 3 N–H and O–H groups in total. The lowest BCUT2D eigenvalue weighted by Crippen LogP contribution is -2.13. The van der Waals surface area contributed by atoms with Crippen molar-refractivity contribution in [2.24, 2.45) is 5.73 Å². The van der Waals surface area contributed by atoms with Crippen LogP contribution in [0.2, 0.25) is 0 Å². The lowest BCUT2D eigenvalue weighted by atomic mass is 10.1. The number of nitrogens with two attached hydrogens (primary N) is 1. The molecule has 2 aromatic rings. The molecule has 2 aromatic carbocycles. The number of aryl methyl sites for hydroxylation is 2. The van der Waals surface area contributed by atoms with E-state index in [0.29, 0.717) is 4.99 Å². The Morgan fingerprint density at radius 3 is 2.53 bits per heavy atom. The summed E-state index contributed by atoms with van der Waals surface area (Å²) < 4.78 is 0. The van der Waals surface area contributed by atoms with E-state index in [1.165, 1.54) is 11.1 Å². The average Bonchev–Trinajstić information content (AvgIpc) is 2.37. The number of anilines is 1. The van der Waals surface area contributed by atoms with E-state index in [0.717, 1.165) is 23.4 Å². The number of benzene rings is 2. The van der Waals surface area contributed by atoms with Gasteiger partial charge < -0.3 is 11.1 Å². The maximum absolute atomic E-state index is 5.77. The fourth-order valence-corrected chi connectivity index (χ4v) is 2.20. The molecule has 0 amide bonds. The van der Waals surface area contributed by atoms with Crippen molar-refractivity contribution in [3.63, 3.8) is 0 Å². The first-order valence-electron chi connectivity index (χ1n) is 6.26. The molecule has 0 bridgehead atoms. The highest BCUT2D eigenvalue weighted by molar-refractivity contribution is 7.80. The molecule has 0 unspecified atom stereocenters. The molecule has 0 aromatic heterocycles. The number of nitrogens with one attached hydrogen (secondary N) is 1. The molecule has 98 valence electrons. The summed E-state index contributed by atoms with van der Waals surface area (Å²) in [6, 6.07) is 14.5. The van der Waals surface area contributed by atoms with E-state index in [2.05, 4.69) is 42.6 Å². The van der Waals surface area contributed by atoms with Gasteiger partial charge in [0, 0.05) is 17.8 Å². The molecule has 3 heteroatoms. The Morgan fingerprint density at radius 1 is 1.11 bits per heavy atom. The minimum atomic E-state index is 0.426. The van der Waals surface area contributed by atoms with E-state index >= 15 is 0 Å². The first-order chi connectivity index (χ1) is 9.06. The zero-order valence-corrected chi connectivity index (χ0v) is 12.1. The number of rotatable bonds is 4. The van der Waals surface area contributed by atoms with Crippen molar-refractivity contribution in [3.8, 4) is 0 Å². The summed E-state index contributed by atoms with van der Waals surface area (Å²) in [4.78, 5) is 0.426. The highest BCUT2D eigenvalue weighted by Gasteiger charge is 2.05. The minimum absolute atomic E-state index is 0.426. The van der Waals surface area contributed by atoms with Crippen LogP contribution in [0.15, 0.2) is 42.5 Å². The van der Waals surface area contributed by atoms with Gasteiger partial charge in [-0.1, -0.05) is 53.7 Å². The highest BCUT2D eigenvalue weighted by atomic mass is 32.1. The van der Waals surface area contributed by atoms with Gasteiger partial charge in [-0.15, -0.1) is 0 Å². The van der Waals surface area contributed by atoms with Gasteiger partial charge in [0.2, 0.25) is 0 Å². The highest BCUT2D eigenvalue weighted by Crippen LogP contribution is 2.18. The van der Waals surface area contributed by atoms with Crippen LogP contribution in [-0.2, 0) is 6.54 Å². The van der Waals surface area contributed by atoms with Crippen molar-refractivity contribution in [2.45, 2.75) is 20.4 Å². The van der Waals surface area contributed by atoms with Crippen LogP contribution in [-0.4, -0.2) is 4.99 Å². The first-order valence-corrected chi connectivity index (χ1v) is 6.67. The second-order valence-electron chi connectivity index (χ2n) is 4.76. The lowest BCUT2D eigenvalue weighted by molar-refractivity contribution is 1.14. The van der Waals surface area contributed by atoms with Gasteiger partial charge in [-0.05, 0) is 31.5 Å². The van der Waals surface area contributed by atoms with Gasteiger partial charge >= 0.3 is 0 Å². The van der Waals surface area contributed by atoms with Crippen molar-refractivity contribution >= 4 is 22.9 Å². The van der Waals surface area contributed by atoms with Crippen LogP contribution < -0.4 is 11.1 Å². The fourth-order valence-electron chi connectivity index (χ4n) is 2.04. The molecule has 2 nitrogen and oxygen atoms in total. The standard InChI is InChI=1S/C16H18N2S/c1-11-4-3-5-13(8-11)10-18-15-7-6-12(2)9-14(15)16(17)19/h3-9,18H,10H2,1-2H3,(H2,17,19). The molecule has 0 fully saturated rings. The number of thiocarbonyl (C=S) groups is 1. The molecule has 2 rings (SSSR count). The van der Waals surface area contributed by atoms with Gasteiger partial charge in [-0.3, -0.25) is 0 Å². The van der Waals surface area contributed by atoms with E-state index < -0.39 is 0 Å². The molecular formula is C16H18N2S. The third-order valence-corrected chi connectivity index (χ3v) is 3.23. The molecule has 0 atom stereocenters. The monoisotopic (exact) mass is 270 g/mol. The van der Waals surface area contributed by atoms with Crippen LogP contribution in [0, 0.1) is 13.8 Å². The normalized spacial score (nSPS) is 10.2. The van der Waals surface area contributed by atoms with Crippen molar-refractivity contribution in [1.82, 2.24) is 0 Å². The van der Waals surface area contributed by atoms with Crippen LogP contribution in [0.25, 0.3) is 0 Å². The van der Waals surface area contributed by atoms with Crippen molar-refractivity contribution in [3.05, 3.63) is 64.7 Å². The Morgan fingerprint density at radius 2 is 1.84 bits per heavy atom. The first kappa shape index (κ1) is 13.6. The number of hydrogen-bond donors (Lipinski definition) is 2. The SMILES string of the molecule is Cc1cccc(CNc2ccc(C)cc2C(N)=S)c1. The summed E-state index contributed by atoms with van der Waals surface area (Å²) in [6.07, 6.45) is 0. The Kier molecular flexibility index (Phi) is 4.17. The van der Waals surface area contributed by atoms with Crippen molar-refractivity contribution < 1.29 is 0 Å².